The Morgan fingerprint density at radius 2 is 1.54 bits per heavy atom. The molecule has 0 atom stereocenters. The molecule has 4 heteroatoms. The fraction of sp³-hybridized carbons (Fsp3) is 0.0833. The topological polar surface area (TPSA) is 41.8 Å². The summed E-state index contributed by atoms with van der Waals surface area (Å²) in [6, 6.07) is 24.9. The summed E-state index contributed by atoms with van der Waals surface area (Å²) < 4.78 is 0.899. The Bertz CT molecular complexity index is 1090. The number of nitrogen functional groups attached to an aromatic ring is 1. The number of rotatable bonds is 2. The van der Waals surface area contributed by atoms with Crippen molar-refractivity contribution in [3.63, 3.8) is 0 Å². The third kappa shape index (κ3) is 4.94. The average Bonchev–Trinajstić information content (AvgIpc) is 3.12. The fourth-order valence-electron chi connectivity index (χ4n) is 3.09. The lowest BCUT2D eigenvalue weighted by molar-refractivity contribution is 1.45. The minimum atomic E-state index is 0.798. The summed E-state index contributed by atoms with van der Waals surface area (Å²) in [5, 5.41) is 1.31. The van der Waals surface area contributed by atoms with Gasteiger partial charge in [0.2, 0.25) is 0 Å². The number of aryl methyl sites for hydroxylation is 2. The summed E-state index contributed by atoms with van der Waals surface area (Å²) in [6.45, 7) is 4.18. The van der Waals surface area contributed by atoms with Gasteiger partial charge in [0.25, 0.3) is 0 Å². The molecular weight excluding hydrogens is 476 g/mol. The highest BCUT2D eigenvalue weighted by molar-refractivity contribution is 9.28. The van der Waals surface area contributed by atoms with Gasteiger partial charge in [-0.2, -0.15) is 0 Å². The van der Waals surface area contributed by atoms with E-state index in [1.54, 1.807) is 0 Å². The Morgan fingerprint density at radius 1 is 0.857 bits per heavy atom. The molecule has 1 heterocycles. The Hall–Kier alpha value is -2.30. The molecule has 2 nitrogen and oxygen atoms in total. The van der Waals surface area contributed by atoms with Gasteiger partial charge < -0.3 is 10.7 Å². The SMILES string of the molecule is Cc1cccc(N)c1C=C(Br)Br.Cc1cccc2[nH]c(-c3ccccc3)cc12. The van der Waals surface area contributed by atoms with Crippen molar-refractivity contribution in [2.24, 2.45) is 0 Å². The van der Waals surface area contributed by atoms with Crippen molar-refractivity contribution in [1.29, 1.82) is 0 Å². The summed E-state index contributed by atoms with van der Waals surface area (Å²) in [5.74, 6) is 0. The number of hydrogen-bond acceptors (Lipinski definition) is 1. The number of halogens is 2. The lowest BCUT2D eigenvalue weighted by atomic mass is 10.1. The van der Waals surface area contributed by atoms with Gasteiger partial charge in [0.05, 0.1) is 3.39 Å². The van der Waals surface area contributed by atoms with Crippen molar-refractivity contribution >= 4 is 54.5 Å². The highest BCUT2D eigenvalue weighted by atomic mass is 79.9. The quantitative estimate of drug-likeness (QED) is 0.272. The zero-order chi connectivity index (χ0) is 20.1. The smallest absolute Gasteiger partial charge is 0.0610 e. The number of aromatic amines is 1. The summed E-state index contributed by atoms with van der Waals surface area (Å²) in [6.07, 6.45) is 1.95. The van der Waals surface area contributed by atoms with Crippen LogP contribution in [0, 0.1) is 13.8 Å². The van der Waals surface area contributed by atoms with E-state index < -0.39 is 0 Å². The van der Waals surface area contributed by atoms with Crippen LogP contribution in [0.3, 0.4) is 0 Å². The van der Waals surface area contributed by atoms with Crippen molar-refractivity contribution in [1.82, 2.24) is 4.98 Å². The minimum Gasteiger partial charge on any atom is -0.398 e. The molecule has 142 valence electrons. The van der Waals surface area contributed by atoms with Crippen LogP contribution in [0.15, 0.2) is 76.2 Å². The summed E-state index contributed by atoms with van der Waals surface area (Å²) in [7, 11) is 0. The van der Waals surface area contributed by atoms with Gasteiger partial charge in [0.15, 0.2) is 0 Å². The van der Waals surface area contributed by atoms with E-state index in [-0.39, 0.29) is 0 Å². The van der Waals surface area contributed by atoms with Crippen LogP contribution in [-0.4, -0.2) is 4.98 Å². The standard InChI is InChI=1S/C15H13N.C9H9Br2N/c1-11-6-5-9-14-13(11)10-15(16-14)12-7-3-2-4-8-12;1-6-3-2-4-8(12)7(6)5-9(10)11/h2-10,16H,1H3;2-5H,12H2,1H3. The van der Waals surface area contributed by atoms with Crippen LogP contribution in [0.4, 0.5) is 5.69 Å². The molecule has 0 unspecified atom stereocenters. The highest BCUT2D eigenvalue weighted by Crippen LogP contribution is 2.26. The summed E-state index contributed by atoms with van der Waals surface area (Å²) >= 11 is 6.60. The second-order valence-electron chi connectivity index (χ2n) is 6.60. The monoisotopic (exact) mass is 496 g/mol. The summed E-state index contributed by atoms with van der Waals surface area (Å²) in [5.41, 5.74) is 13.8. The molecular formula is C24H22Br2N2. The second-order valence-corrected chi connectivity index (χ2v) is 9.37. The maximum Gasteiger partial charge on any atom is 0.0610 e. The fourth-order valence-corrected chi connectivity index (χ4v) is 3.55. The predicted molar refractivity (Wildman–Crippen MR) is 130 cm³/mol. The molecule has 0 saturated heterocycles. The predicted octanol–water partition coefficient (Wildman–Crippen LogP) is 7.81. The third-order valence-electron chi connectivity index (χ3n) is 4.58. The van der Waals surface area contributed by atoms with Crippen molar-refractivity contribution in [3.8, 4) is 11.3 Å². The Balaban J connectivity index is 0.000000169. The Labute approximate surface area is 182 Å². The number of hydrogen-bond donors (Lipinski definition) is 2. The lowest BCUT2D eigenvalue weighted by Gasteiger charge is -2.03. The van der Waals surface area contributed by atoms with Gasteiger partial charge in [-0.05, 0) is 86.7 Å². The summed E-state index contributed by atoms with van der Waals surface area (Å²) in [4.78, 5) is 3.45. The van der Waals surface area contributed by atoms with E-state index in [2.05, 4.69) is 92.3 Å². The number of nitrogens with two attached hydrogens (primary N) is 1. The van der Waals surface area contributed by atoms with E-state index in [0.29, 0.717) is 0 Å². The molecule has 4 aromatic rings. The second kappa shape index (κ2) is 9.26. The van der Waals surface area contributed by atoms with Gasteiger partial charge in [-0.15, -0.1) is 0 Å². The number of H-pyrrole nitrogens is 1. The van der Waals surface area contributed by atoms with Crippen LogP contribution >= 0.6 is 31.9 Å². The Morgan fingerprint density at radius 3 is 2.18 bits per heavy atom. The maximum absolute atomic E-state index is 5.78. The zero-order valence-electron chi connectivity index (χ0n) is 15.8. The number of benzene rings is 3. The van der Waals surface area contributed by atoms with Crippen LogP contribution in [-0.2, 0) is 0 Å². The first-order chi connectivity index (χ1) is 13.5. The molecule has 0 saturated carbocycles. The molecule has 3 N–H and O–H groups in total. The molecule has 3 aromatic carbocycles. The van der Waals surface area contributed by atoms with Crippen LogP contribution in [0.5, 0.6) is 0 Å². The molecule has 0 bridgehead atoms. The number of anilines is 1. The van der Waals surface area contributed by atoms with Crippen LogP contribution in [0.2, 0.25) is 0 Å². The van der Waals surface area contributed by atoms with Crippen LogP contribution in [0.25, 0.3) is 28.2 Å². The first-order valence-electron chi connectivity index (χ1n) is 8.97. The molecule has 0 radical (unpaired) electrons. The van der Waals surface area contributed by atoms with Gasteiger partial charge in [-0.3, -0.25) is 0 Å². The molecule has 0 fully saturated rings. The van der Waals surface area contributed by atoms with Crippen LogP contribution in [0.1, 0.15) is 16.7 Å². The number of nitrogens with one attached hydrogen (secondary N) is 1. The van der Waals surface area contributed by atoms with E-state index in [1.165, 1.54) is 33.3 Å². The van der Waals surface area contributed by atoms with Gasteiger partial charge >= 0.3 is 0 Å². The van der Waals surface area contributed by atoms with E-state index >= 15 is 0 Å². The van der Waals surface area contributed by atoms with E-state index in [9.17, 15) is 0 Å². The zero-order valence-corrected chi connectivity index (χ0v) is 19.0. The minimum absolute atomic E-state index is 0.798. The highest BCUT2D eigenvalue weighted by Gasteiger charge is 2.03. The molecule has 0 spiro atoms. The molecule has 0 aliphatic carbocycles. The van der Waals surface area contributed by atoms with Crippen molar-refractivity contribution in [3.05, 3.63) is 92.9 Å². The maximum atomic E-state index is 5.78. The first kappa shape index (κ1) is 20.4. The van der Waals surface area contributed by atoms with E-state index in [4.69, 9.17) is 5.73 Å². The molecule has 4 rings (SSSR count). The van der Waals surface area contributed by atoms with Gasteiger partial charge in [-0.25, -0.2) is 0 Å². The largest absolute Gasteiger partial charge is 0.398 e. The normalized spacial score (nSPS) is 10.3. The van der Waals surface area contributed by atoms with E-state index in [1.807, 2.05) is 37.3 Å². The van der Waals surface area contributed by atoms with Crippen molar-refractivity contribution < 1.29 is 0 Å². The molecule has 1 aromatic heterocycles. The molecule has 28 heavy (non-hydrogen) atoms. The van der Waals surface area contributed by atoms with Crippen molar-refractivity contribution in [2.45, 2.75) is 13.8 Å². The third-order valence-corrected chi connectivity index (χ3v) is 5.04. The first-order valence-corrected chi connectivity index (χ1v) is 10.6. The molecule has 0 amide bonds. The molecule has 0 aliphatic heterocycles. The van der Waals surface area contributed by atoms with Gasteiger partial charge in [-0.1, -0.05) is 54.6 Å². The Kier molecular flexibility index (Phi) is 6.76. The van der Waals surface area contributed by atoms with Gasteiger partial charge in [0.1, 0.15) is 0 Å². The lowest BCUT2D eigenvalue weighted by Crippen LogP contribution is -1.91. The van der Waals surface area contributed by atoms with Gasteiger partial charge in [0, 0.05) is 27.8 Å². The number of aromatic nitrogens is 1. The van der Waals surface area contributed by atoms with E-state index in [0.717, 1.165) is 14.6 Å². The molecule has 0 aliphatic rings. The number of fused-ring (bicyclic) bond motifs is 1. The average molecular weight is 498 g/mol. The van der Waals surface area contributed by atoms with Crippen LogP contribution < -0.4 is 5.73 Å². The van der Waals surface area contributed by atoms with Crippen molar-refractivity contribution in [2.75, 3.05) is 5.73 Å².